The highest BCUT2D eigenvalue weighted by molar-refractivity contribution is 5.55. The van der Waals surface area contributed by atoms with Gasteiger partial charge in [0.1, 0.15) is 11.6 Å². The lowest BCUT2D eigenvalue weighted by Gasteiger charge is -2.07. The number of aromatic nitrogens is 2. The number of rotatable bonds is 3. The molecule has 1 fully saturated rings. The number of benzene rings is 1. The van der Waals surface area contributed by atoms with Gasteiger partial charge >= 0.3 is 0 Å². The fourth-order valence-electron chi connectivity index (χ4n) is 1.85. The minimum atomic E-state index is 0.589. The summed E-state index contributed by atoms with van der Waals surface area (Å²) >= 11 is 0. The molecule has 0 aliphatic heterocycles. The van der Waals surface area contributed by atoms with Crippen molar-refractivity contribution < 1.29 is 0 Å². The summed E-state index contributed by atoms with van der Waals surface area (Å²) in [6.07, 6.45) is 2.46. The summed E-state index contributed by atoms with van der Waals surface area (Å²) in [6, 6.07) is 12.1. The van der Waals surface area contributed by atoms with Crippen LogP contribution in [0.5, 0.6) is 0 Å². The standard InChI is InChI=1S/C14H15N3/c1-10-9-13(16-12-5-3-2-4-6-12)17-14(15-10)11-7-8-11/h2-6,9,11H,7-8H2,1H3,(H,15,16,17). The molecule has 1 aliphatic rings. The van der Waals surface area contributed by atoms with E-state index >= 15 is 0 Å². The summed E-state index contributed by atoms with van der Waals surface area (Å²) in [6.45, 7) is 2.02. The number of anilines is 2. The molecule has 2 aromatic rings. The SMILES string of the molecule is Cc1cc(Nc2ccccc2)nc(C2CC2)n1. The van der Waals surface area contributed by atoms with Crippen LogP contribution in [0.2, 0.25) is 0 Å². The molecule has 1 aliphatic carbocycles. The molecule has 1 aromatic heterocycles. The molecule has 86 valence electrons. The Hall–Kier alpha value is -1.90. The lowest BCUT2D eigenvalue weighted by Crippen LogP contribution is -2.00. The molecule has 0 amide bonds. The fraction of sp³-hybridized carbons (Fsp3) is 0.286. The van der Waals surface area contributed by atoms with Crippen molar-refractivity contribution in [1.29, 1.82) is 0 Å². The average Bonchev–Trinajstić information content (AvgIpc) is 3.13. The normalized spacial score (nSPS) is 14.6. The van der Waals surface area contributed by atoms with Crippen molar-refractivity contribution in [3.63, 3.8) is 0 Å². The van der Waals surface area contributed by atoms with Gasteiger partial charge in [-0.2, -0.15) is 0 Å². The van der Waals surface area contributed by atoms with Crippen molar-refractivity contribution >= 4 is 11.5 Å². The molecule has 1 aromatic carbocycles. The molecule has 0 spiro atoms. The zero-order chi connectivity index (χ0) is 11.7. The fourth-order valence-corrected chi connectivity index (χ4v) is 1.85. The quantitative estimate of drug-likeness (QED) is 0.869. The van der Waals surface area contributed by atoms with Crippen LogP contribution < -0.4 is 5.32 Å². The predicted octanol–water partition coefficient (Wildman–Crippen LogP) is 3.41. The molecule has 1 N–H and O–H groups in total. The maximum absolute atomic E-state index is 4.57. The van der Waals surface area contributed by atoms with Gasteiger partial charge in [-0.05, 0) is 31.9 Å². The molecule has 0 radical (unpaired) electrons. The van der Waals surface area contributed by atoms with E-state index in [2.05, 4.69) is 15.3 Å². The number of nitrogens with zero attached hydrogens (tertiary/aromatic N) is 2. The number of hydrogen-bond donors (Lipinski definition) is 1. The molecule has 0 saturated heterocycles. The zero-order valence-electron chi connectivity index (χ0n) is 9.85. The molecule has 0 unspecified atom stereocenters. The maximum atomic E-state index is 4.57. The summed E-state index contributed by atoms with van der Waals surface area (Å²) in [5, 5.41) is 3.32. The molecule has 0 bridgehead atoms. The average molecular weight is 225 g/mol. The summed E-state index contributed by atoms with van der Waals surface area (Å²) in [7, 11) is 0. The number of aryl methyl sites for hydroxylation is 1. The summed E-state index contributed by atoms with van der Waals surface area (Å²) in [5.41, 5.74) is 2.09. The first kappa shape index (κ1) is 10.3. The lowest BCUT2D eigenvalue weighted by molar-refractivity contribution is 0.910. The van der Waals surface area contributed by atoms with Gasteiger partial charge in [0.05, 0.1) is 0 Å². The van der Waals surface area contributed by atoms with Gasteiger partial charge in [0, 0.05) is 23.4 Å². The van der Waals surface area contributed by atoms with Crippen LogP contribution in [0.1, 0.15) is 30.3 Å². The van der Waals surface area contributed by atoms with Crippen LogP contribution in [0.4, 0.5) is 11.5 Å². The monoisotopic (exact) mass is 225 g/mol. The van der Waals surface area contributed by atoms with Gasteiger partial charge < -0.3 is 5.32 Å². The van der Waals surface area contributed by atoms with Crippen LogP contribution in [0.3, 0.4) is 0 Å². The van der Waals surface area contributed by atoms with Gasteiger partial charge in [0.2, 0.25) is 0 Å². The van der Waals surface area contributed by atoms with Crippen LogP contribution in [-0.2, 0) is 0 Å². The molecule has 1 heterocycles. The van der Waals surface area contributed by atoms with Gasteiger partial charge in [-0.1, -0.05) is 18.2 Å². The van der Waals surface area contributed by atoms with E-state index in [9.17, 15) is 0 Å². The van der Waals surface area contributed by atoms with Crippen LogP contribution in [-0.4, -0.2) is 9.97 Å². The van der Waals surface area contributed by atoms with Crippen molar-refractivity contribution in [3.8, 4) is 0 Å². The van der Waals surface area contributed by atoms with E-state index in [0.717, 1.165) is 23.0 Å². The first-order valence-electron chi connectivity index (χ1n) is 5.99. The van der Waals surface area contributed by atoms with Crippen molar-refractivity contribution in [1.82, 2.24) is 9.97 Å². The Kier molecular flexibility index (Phi) is 2.52. The van der Waals surface area contributed by atoms with E-state index in [1.54, 1.807) is 0 Å². The Balaban J connectivity index is 1.87. The van der Waals surface area contributed by atoms with Crippen LogP contribution >= 0.6 is 0 Å². The highest BCUT2D eigenvalue weighted by Gasteiger charge is 2.26. The van der Waals surface area contributed by atoms with E-state index in [-0.39, 0.29) is 0 Å². The minimum absolute atomic E-state index is 0.589. The first-order valence-corrected chi connectivity index (χ1v) is 5.99. The van der Waals surface area contributed by atoms with Crippen molar-refractivity contribution in [2.45, 2.75) is 25.7 Å². The lowest BCUT2D eigenvalue weighted by atomic mass is 10.3. The molecular formula is C14H15N3. The Morgan fingerprint density at radius 3 is 2.59 bits per heavy atom. The molecule has 3 nitrogen and oxygen atoms in total. The number of para-hydroxylation sites is 1. The summed E-state index contributed by atoms with van der Waals surface area (Å²) in [5.74, 6) is 2.47. The van der Waals surface area contributed by atoms with E-state index in [1.807, 2.05) is 43.3 Å². The minimum Gasteiger partial charge on any atom is -0.340 e. The largest absolute Gasteiger partial charge is 0.340 e. The Morgan fingerprint density at radius 2 is 1.88 bits per heavy atom. The molecule has 0 atom stereocenters. The van der Waals surface area contributed by atoms with Crippen LogP contribution in [0.25, 0.3) is 0 Å². The van der Waals surface area contributed by atoms with E-state index in [4.69, 9.17) is 0 Å². The van der Waals surface area contributed by atoms with Gasteiger partial charge in [0.15, 0.2) is 0 Å². The topological polar surface area (TPSA) is 37.8 Å². The van der Waals surface area contributed by atoms with Crippen molar-refractivity contribution in [2.24, 2.45) is 0 Å². The summed E-state index contributed by atoms with van der Waals surface area (Å²) < 4.78 is 0. The predicted molar refractivity (Wildman–Crippen MR) is 68.5 cm³/mol. The van der Waals surface area contributed by atoms with E-state index in [0.29, 0.717) is 5.92 Å². The zero-order valence-corrected chi connectivity index (χ0v) is 9.85. The third kappa shape index (κ3) is 2.44. The Bertz CT molecular complexity index is 518. The third-order valence-corrected chi connectivity index (χ3v) is 2.86. The highest BCUT2D eigenvalue weighted by atomic mass is 15.0. The second-order valence-electron chi connectivity index (χ2n) is 4.52. The molecule has 3 heteroatoms. The molecule has 1 saturated carbocycles. The van der Waals surface area contributed by atoms with E-state index < -0.39 is 0 Å². The molecule has 17 heavy (non-hydrogen) atoms. The first-order chi connectivity index (χ1) is 8.31. The van der Waals surface area contributed by atoms with Crippen LogP contribution in [0.15, 0.2) is 36.4 Å². The highest BCUT2D eigenvalue weighted by Crippen LogP contribution is 2.38. The van der Waals surface area contributed by atoms with E-state index in [1.165, 1.54) is 12.8 Å². The van der Waals surface area contributed by atoms with Gasteiger partial charge in [-0.25, -0.2) is 9.97 Å². The summed E-state index contributed by atoms with van der Waals surface area (Å²) in [4.78, 5) is 9.06. The van der Waals surface area contributed by atoms with Gasteiger partial charge in [0.25, 0.3) is 0 Å². The maximum Gasteiger partial charge on any atom is 0.134 e. The third-order valence-electron chi connectivity index (χ3n) is 2.86. The van der Waals surface area contributed by atoms with Crippen molar-refractivity contribution in [3.05, 3.63) is 47.9 Å². The second-order valence-corrected chi connectivity index (χ2v) is 4.52. The smallest absolute Gasteiger partial charge is 0.134 e. The van der Waals surface area contributed by atoms with Crippen LogP contribution in [0, 0.1) is 6.92 Å². The van der Waals surface area contributed by atoms with Crippen molar-refractivity contribution in [2.75, 3.05) is 5.32 Å². The Labute approximate surface area is 101 Å². The Morgan fingerprint density at radius 1 is 1.12 bits per heavy atom. The number of hydrogen-bond acceptors (Lipinski definition) is 3. The van der Waals surface area contributed by atoms with Gasteiger partial charge in [-0.3, -0.25) is 0 Å². The second kappa shape index (κ2) is 4.17. The molecule has 3 rings (SSSR count). The van der Waals surface area contributed by atoms with Gasteiger partial charge in [-0.15, -0.1) is 0 Å². The molecular weight excluding hydrogens is 210 g/mol. The number of nitrogens with one attached hydrogen (secondary N) is 1.